The average molecular weight is 372 g/mol. The molecule has 5 heteroatoms. The van der Waals surface area contributed by atoms with Gasteiger partial charge in [-0.25, -0.2) is 9.37 Å². The Balaban J connectivity index is 1.51. The fourth-order valence-electron chi connectivity index (χ4n) is 3.20. The van der Waals surface area contributed by atoms with Crippen molar-refractivity contribution in [1.82, 2.24) is 9.55 Å². The molecule has 0 saturated heterocycles. The first-order valence-corrected chi connectivity index (χ1v) is 9.11. The van der Waals surface area contributed by atoms with Gasteiger partial charge in [0.2, 0.25) is 0 Å². The highest BCUT2D eigenvalue weighted by Crippen LogP contribution is 2.24. The standard InChI is InChI=1S/C23H21FN4/c24-20-6-8-22(9-7-20)27-14-23-13-26-16-28(23)15-17-10-19(12-21(25)11-17)18-4-2-1-3-5-18/h1-13,16,27H,14-15,25H2. The molecular formula is C23H21FN4. The van der Waals surface area contributed by atoms with Gasteiger partial charge in [-0.15, -0.1) is 0 Å². The van der Waals surface area contributed by atoms with Crippen molar-refractivity contribution in [3.8, 4) is 11.1 Å². The third-order valence-corrected chi connectivity index (χ3v) is 4.59. The summed E-state index contributed by atoms with van der Waals surface area (Å²) in [6.07, 6.45) is 3.65. The molecule has 4 aromatic rings. The van der Waals surface area contributed by atoms with Crippen LogP contribution in [0.15, 0.2) is 85.3 Å². The summed E-state index contributed by atoms with van der Waals surface area (Å²) in [5.41, 5.74) is 12.1. The molecule has 0 radical (unpaired) electrons. The summed E-state index contributed by atoms with van der Waals surface area (Å²) in [6.45, 7) is 1.27. The zero-order valence-electron chi connectivity index (χ0n) is 15.3. The molecular weight excluding hydrogens is 351 g/mol. The second kappa shape index (κ2) is 7.96. The van der Waals surface area contributed by atoms with Crippen molar-refractivity contribution >= 4 is 11.4 Å². The smallest absolute Gasteiger partial charge is 0.123 e. The van der Waals surface area contributed by atoms with Crippen LogP contribution >= 0.6 is 0 Å². The van der Waals surface area contributed by atoms with Gasteiger partial charge in [-0.05, 0) is 59.2 Å². The summed E-state index contributed by atoms with van der Waals surface area (Å²) < 4.78 is 15.1. The molecule has 3 aromatic carbocycles. The highest BCUT2D eigenvalue weighted by Gasteiger charge is 2.06. The largest absolute Gasteiger partial charge is 0.399 e. The molecule has 0 bridgehead atoms. The van der Waals surface area contributed by atoms with Crippen LogP contribution in [0.1, 0.15) is 11.3 Å². The maximum absolute atomic E-state index is 13.0. The maximum atomic E-state index is 13.0. The van der Waals surface area contributed by atoms with E-state index in [0.29, 0.717) is 13.1 Å². The molecule has 140 valence electrons. The summed E-state index contributed by atoms with van der Waals surface area (Å²) in [7, 11) is 0. The number of nitrogens with two attached hydrogens (primary N) is 1. The van der Waals surface area contributed by atoms with Gasteiger partial charge in [0.15, 0.2) is 0 Å². The monoisotopic (exact) mass is 372 g/mol. The van der Waals surface area contributed by atoms with E-state index in [1.807, 2.05) is 42.9 Å². The van der Waals surface area contributed by atoms with E-state index in [1.54, 1.807) is 12.1 Å². The Labute approximate surface area is 163 Å². The number of rotatable bonds is 6. The third-order valence-electron chi connectivity index (χ3n) is 4.59. The number of hydrogen-bond donors (Lipinski definition) is 2. The minimum atomic E-state index is -0.244. The Morgan fingerprint density at radius 3 is 2.50 bits per heavy atom. The highest BCUT2D eigenvalue weighted by atomic mass is 19.1. The van der Waals surface area contributed by atoms with Gasteiger partial charge in [0, 0.05) is 24.1 Å². The van der Waals surface area contributed by atoms with Crippen molar-refractivity contribution in [1.29, 1.82) is 0 Å². The number of anilines is 2. The van der Waals surface area contributed by atoms with Crippen LogP contribution in [0.25, 0.3) is 11.1 Å². The fourth-order valence-corrected chi connectivity index (χ4v) is 3.20. The highest BCUT2D eigenvalue weighted by molar-refractivity contribution is 5.68. The Morgan fingerprint density at radius 1 is 0.929 bits per heavy atom. The second-order valence-electron chi connectivity index (χ2n) is 6.70. The van der Waals surface area contributed by atoms with Crippen molar-refractivity contribution in [2.75, 3.05) is 11.1 Å². The van der Waals surface area contributed by atoms with Gasteiger partial charge in [-0.3, -0.25) is 0 Å². The van der Waals surface area contributed by atoms with Crippen molar-refractivity contribution < 1.29 is 4.39 Å². The van der Waals surface area contributed by atoms with E-state index in [-0.39, 0.29) is 5.82 Å². The number of nitrogen functional groups attached to an aromatic ring is 1. The summed E-state index contributed by atoms with van der Waals surface area (Å²) in [4.78, 5) is 4.28. The van der Waals surface area contributed by atoms with E-state index in [9.17, 15) is 4.39 Å². The molecule has 28 heavy (non-hydrogen) atoms. The minimum absolute atomic E-state index is 0.244. The predicted molar refractivity (Wildman–Crippen MR) is 111 cm³/mol. The van der Waals surface area contributed by atoms with Crippen molar-refractivity contribution in [3.63, 3.8) is 0 Å². The third kappa shape index (κ3) is 4.20. The van der Waals surface area contributed by atoms with Gasteiger partial charge in [-0.2, -0.15) is 0 Å². The van der Waals surface area contributed by atoms with E-state index in [2.05, 4.69) is 33.1 Å². The molecule has 0 atom stereocenters. The Kier molecular flexibility index (Phi) is 5.06. The molecule has 0 spiro atoms. The normalized spacial score (nSPS) is 10.8. The van der Waals surface area contributed by atoms with Gasteiger partial charge >= 0.3 is 0 Å². The molecule has 0 aliphatic rings. The first-order chi connectivity index (χ1) is 13.7. The topological polar surface area (TPSA) is 55.9 Å². The van der Waals surface area contributed by atoms with Crippen molar-refractivity contribution in [2.45, 2.75) is 13.1 Å². The number of hydrogen-bond acceptors (Lipinski definition) is 3. The Hall–Kier alpha value is -3.60. The van der Waals surface area contributed by atoms with E-state index in [0.717, 1.165) is 33.8 Å². The summed E-state index contributed by atoms with van der Waals surface area (Å²) >= 11 is 0. The van der Waals surface area contributed by atoms with E-state index < -0.39 is 0 Å². The number of halogens is 1. The lowest BCUT2D eigenvalue weighted by atomic mass is 10.0. The average Bonchev–Trinajstić information content (AvgIpc) is 3.15. The zero-order chi connectivity index (χ0) is 19.3. The lowest BCUT2D eigenvalue weighted by Crippen LogP contribution is -2.08. The molecule has 0 fully saturated rings. The van der Waals surface area contributed by atoms with Gasteiger partial charge in [0.05, 0.1) is 18.6 Å². The van der Waals surface area contributed by atoms with E-state index in [1.165, 1.54) is 12.1 Å². The lowest BCUT2D eigenvalue weighted by Gasteiger charge is -2.12. The Morgan fingerprint density at radius 2 is 1.71 bits per heavy atom. The van der Waals surface area contributed by atoms with Crippen LogP contribution in [0.5, 0.6) is 0 Å². The van der Waals surface area contributed by atoms with Gasteiger partial charge in [0.1, 0.15) is 5.82 Å². The fraction of sp³-hybridized carbons (Fsp3) is 0.0870. The van der Waals surface area contributed by atoms with Gasteiger partial charge in [-0.1, -0.05) is 30.3 Å². The zero-order valence-corrected chi connectivity index (χ0v) is 15.3. The van der Waals surface area contributed by atoms with E-state index >= 15 is 0 Å². The summed E-state index contributed by atoms with van der Waals surface area (Å²) in [6, 6.07) is 22.7. The molecule has 0 unspecified atom stereocenters. The Bertz CT molecular complexity index is 1060. The molecule has 3 N–H and O–H groups in total. The molecule has 0 aliphatic heterocycles. The molecule has 1 aromatic heterocycles. The SMILES string of the molecule is Nc1cc(Cn2cncc2CNc2ccc(F)cc2)cc(-c2ccccc2)c1. The van der Waals surface area contributed by atoms with Crippen LogP contribution < -0.4 is 11.1 Å². The summed E-state index contributed by atoms with van der Waals surface area (Å²) in [5, 5.41) is 3.30. The lowest BCUT2D eigenvalue weighted by molar-refractivity contribution is 0.628. The van der Waals surface area contributed by atoms with E-state index in [4.69, 9.17) is 5.73 Å². The van der Waals surface area contributed by atoms with Crippen LogP contribution in [0, 0.1) is 5.82 Å². The number of imidazole rings is 1. The first-order valence-electron chi connectivity index (χ1n) is 9.11. The number of nitrogens with one attached hydrogen (secondary N) is 1. The minimum Gasteiger partial charge on any atom is -0.399 e. The van der Waals surface area contributed by atoms with Crippen LogP contribution in [0.2, 0.25) is 0 Å². The molecule has 0 saturated carbocycles. The van der Waals surface area contributed by atoms with Gasteiger partial charge < -0.3 is 15.6 Å². The number of benzene rings is 3. The van der Waals surface area contributed by atoms with Crippen LogP contribution in [-0.2, 0) is 13.1 Å². The number of nitrogens with zero attached hydrogens (tertiary/aromatic N) is 2. The molecule has 0 amide bonds. The van der Waals surface area contributed by atoms with Crippen LogP contribution in [-0.4, -0.2) is 9.55 Å². The van der Waals surface area contributed by atoms with Crippen LogP contribution in [0.4, 0.5) is 15.8 Å². The molecule has 1 heterocycles. The van der Waals surface area contributed by atoms with Crippen LogP contribution in [0.3, 0.4) is 0 Å². The van der Waals surface area contributed by atoms with Crippen molar-refractivity contribution in [3.05, 3.63) is 102 Å². The molecule has 0 aliphatic carbocycles. The van der Waals surface area contributed by atoms with Gasteiger partial charge in [0.25, 0.3) is 0 Å². The summed E-state index contributed by atoms with van der Waals surface area (Å²) in [5.74, 6) is -0.244. The maximum Gasteiger partial charge on any atom is 0.123 e. The predicted octanol–water partition coefficient (Wildman–Crippen LogP) is 4.93. The molecule has 4 nitrogen and oxygen atoms in total. The molecule has 4 rings (SSSR count). The quantitative estimate of drug-likeness (QED) is 0.472. The number of aromatic nitrogens is 2. The first kappa shape index (κ1) is 17.8. The van der Waals surface area contributed by atoms with Crippen molar-refractivity contribution in [2.24, 2.45) is 0 Å². The second-order valence-corrected chi connectivity index (χ2v) is 6.70.